The molecule has 314 valence electrons. The second kappa shape index (κ2) is 19.1. The van der Waals surface area contributed by atoms with Crippen LogP contribution in [0.25, 0.3) is 82.8 Å². The van der Waals surface area contributed by atoms with Gasteiger partial charge in [-0.2, -0.15) is 0 Å². The van der Waals surface area contributed by atoms with E-state index in [1.807, 2.05) is 6.07 Å². The van der Waals surface area contributed by atoms with E-state index in [4.69, 9.17) is 0 Å². The summed E-state index contributed by atoms with van der Waals surface area (Å²) >= 11 is 0. The van der Waals surface area contributed by atoms with Gasteiger partial charge < -0.3 is 25.9 Å². The molecule has 8 aromatic carbocycles. The van der Waals surface area contributed by atoms with Gasteiger partial charge in [0.2, 0.25) is 0 Å². The first-order valence-corrected chi connectivity index (χ1v) is 22.0. The molecule has 0 saturated carbocycles. The molecule has 5 N–H and O–H groups in total. The molecule has 10 aromatic rings. The molecule has 3 heterocycles. The number of dihydropyridines is 1. The Kier molecular flexibility index (Phi) is 12.5. The van der Waals surface area contributed by atoms with E-state index in [-0.39, 0.29) is 6.67 Å². The zero-order valence-corrected chi connectivity index (χ0v) is 36.5. The van der Waals surface area contributed by atoms with Gasteiger partial charge in [0.05, 0.1) is 11.0 Å². The molecule has 0 saturated heterocycles. The summed E-state index contributed by atoms with van der Waals surface area (Å²) in [6.07, 6.45) is 9.77. The molecule has 12 rings (SSSR count). The molecule has 5 heteroatoms. The standard InChI is InChI=1S/C31H22N2.C14H13N.C13H12.CH6N2/c1-32-28-13-7-5-11-24(28)26-19-21(15-17-29(26)32)22-16-18-31-27(20-22)25-12-6-8-14-30(25)33(31)23-9-3-2-4-10-23;1-2-10-15-14(3-1)13-8-6-12(7-9-13)11-4-5-11;1-11-6-5-9-13(10-11)12-7-3-2-4-8-12;2-1-3/h2-20H,1H3;1-4,6-9,15H,5,10H2;2-10H,1H3;1-3H2. The zero-order valence-electron chi connectivity index (χ0n) is 36.5. The number of nitrogens with one attached hydrogen (secondary N) is 1. The van der Waals surface area contributed by atoms with Gasteiger partial charge in [0, 0.05) is 64.2 Å². The van der Waals surface area contributed by atoms with Crippen LogP contribution < -0.4 is 16.8 Å². The van der Waals surface area contributed by atoms with Crippen LogP contribution in [0.4, 0.5) is 0 Å². The van der Waals surface area contributed by atoms with Crippen LogP contribution in [0.1, 0.15) is 23.1 Å². The van der Waals surface area contributed by atoms with Gasteiger partial charge in [-0.3, -0.25) is 0 Å². The fraction of sp³-hybridized carbons (Fsp3) is 0.0847. The predicted molar refractivity (Wildman–Crippen MR) is 274 cm³/mol. The maximum atomic E-state index is 4.62. The molecule has 1 aliphatic carbocycles. The number of hydrogen-bond acceptors (Lipinski definition) is 3. The summed E-state index contributed by atoms with van der Waals surface area (Å²) in [4.78, 5) is 0. The molecule has 0 atom stereocenters. The highest BCUT2D eigenvalue weighted by atomic mass is 15.0. The molecule has 0 spiro atoms. The Balaban J connectivity index is 0.000000138. The lowest BCUT2D eigenvalue weighted by Crippen LogP contribution is -2.14. The largest absolute Gasteiger partial charge is 0.381 e. The van der Waals surface area contributed by atoms with E-state index < -0.39 is 0 Å². The molecule has 0 fully saturated rings. The van der Waals surface area contributed by atoms with E-state index in [9.17, 15) is 0 Å². The van der Waals surface area contributed by atoms with Gasteiger partial charge in [-0.25, -0.2) is 0 Å². The summed E-state index contributed by atoms with van der Waals surface area (Å²) < 4.78 is 4.65. The molecular weight excluding hydrogens is 779 g/mol. The smallest absolute Gasteiger partial charge is 0.0541 e. The zero-order chi connectivity index (χ0) is 43.8. The van der Waals surface area contributed by atoms with Crippen molar-refractivity contribution in [3.63, 3.8) is 0 Å². The molecular formula is C59H53N5. The van der Waals surface area contributed by atoms with Crippen molar-refractivity contribution in [3.8, 4) is 27.9 Å². The first-order chi connectivity index (χ1) is 31.5. The highest BCUT2D eigenvalue weighted by Crippen LogP contribution is 2.37. The Morgan fingerprint density at radius 3 is 1.62 bits per heavy atom. The molecule has 2 aromatic heterocycles. The van der Waals surface area contributed by atoms with Crippen molar-refractivity contribution in [3.05, 3.63) is 235 Å². The Hall–Kier alpha value is -7.70. The van der Waals surface area contributed by atoms with Crippen LogP contribution in [-0.2, 0) is 7.05 Å². The Morgan fingerprint density at radius 2 is 0.984 bits per heavy atom. The van der Waals surface area contributed by atoms with E-state index >= 15 is 0 Å². The van der Waals surface area contributed by atoms with Crippen LogP contribution in [0.15, 0.2) is 218 Å². The highest BCUT2D eigenvalue weighted by molar-refractivity contribution is 6.12. The predicted octanol–water partition coefficient (Wildman–Crippen LogP) is 13.6. The van der Waals surface area contributed by atoms with E-state index in [1.54, 1.807) is 0 Å². The lowest BCUT2D eigenvalue weighted by molar-refractivity contribution is 0.995. The van der Waals surface area contributed by atoms with Gasteiger partial charge in [0.15, 0.2) is 0 Å². The maximum Gasteiger partial charge on any atom is 0.0541 e. The van der Waals surface area contributed by atoms with Crippen LogP contribution in [-0.4, -0.2) is 22.3 Å². The SMILES string of the molecule is C1=CCNC(c2ccc(C3=CC3)cc2)=C1.Cc1cccc(-c2ccccc2)c1.Cn1c2ccccc2c2cc(-c3ccc4c(c3)c3ccccc3n4-c3ccccc3)ccc21.NCN. The van der Waals surface area contributed by atoms with E-state index in [2.05, 4.69) is 252 Å². The summed E-state index contributed by atoms with van der Waals surface area (Å²) in [5.74, 6) is 0. The first-order valence-electron chi connectivity index (χ1n) is 22.0. The molecule has 0 amide bonds. The van der Waals surface area contributed by atoms with Crippen molar-refractivity contribution in [2.45, 2.75) is 13.3 Å². The summed E-state index contributed by atoms with van der Waals surface area (Å²) in [6, 6.07) is 69.5. The van der Waals surface area contributed by atoms with Crippen molar-refractivity contribution in [2.24, 2.45) is 18.5 Å². The normalized spacial score (nSPS) is 12.6. The lowest BCUT2D eigenvalue weighted by Gasteiger charge is -2.12. The molecule has 1 aliphatic heterocycles. The van der Waals surface area contributed by atoms with Gasteiger partial charge in [-0.05, 0) is 107 Å². The Morgan fingerprint density at radius 1 is 0.484 bits per heavy atom. The second-order valence-electron chi connectivity index (χ2n) is 16.1. The third-order valence-corrected chi connectivity index (χ3v) is 11.8. The molecule has 64 heavy (non-hydrogen) atoms. The van der Waals surface area contributed by atoms with Crippen LogP contribution in [0.3, 0.4) is 0 Å². The van der Waals surface area contributed by atoms with E-state index in [0.29, 0.717) is 0 Å². The summed E-state index contributed by atoms with van der Waals surface area (Å²) in [5, 5.41) is 8.53. The average Bonchev–Trinajstić information content (AvgIpc) is 4.11. The van der Waals surface area contributed by atoms with Crippen LogP contribution in [0, 0.1) is 6.92 Å². The van der Waals surface area contributed by atoms with Gasteiger partial charge in [0.1, 0.15) is 0 Å². The van der Waals surface area contributed by atoms with Crippen molar-refractivity contribution in [1.29, 1.82) is 0 Å². The van der Waals surface area contributed by atoms with Crippen LogP contribution >= 0.6 is 0 Å². The summed E-state index contributed by atoms with van der Waals surface area (Å²) in [7, 11) is 2.15. The summed E-state index contributed by atoms with van der Waals surface area (Å²) in [6.45, 7) is 3.30. The topological polar surface area (TPSA) is 73.9 Å². The molecule has 2 aliphatic rings. The average molecular weight is 832 g/mol. The van der Waals surface area contributed by atoms with Gasteiger partial charge in [-0.1, -0.05) is 169 Å². The lowest BCUT2D eigenvalue weighted by atomic mass is 10.0. The minimum atomic E-state index is 0.250. The Bertz CT molecular complexity index is 3290. The minimum Gasteiger partial charge on any atom is -0.381 e. The fourth-order valence-corrected chi connectivity index (χ4v) is 8.62. The number of fused-ring (bicyclic) bond motifs is 6. The number of rotatable bonds is 5. The number of aromatic nitrogens is 2. The first kappa shape index (κ1) is 41.6. The fourth-order valence-electron chi connectivity index (χ4n) is 8.62. The van der Waals surface area contributed by atoms with E-state index in [0.717, 1.165) is 6.54 Å². The number of para-hydroxylation sites is 3. The van der Waals surface area contributed by atoms with Crippen molar-refractivity contribution in [2.75, 3.05) is 13.2 Å². The second-order valence-corrected chi connectivity index (χ2v) is 16.1. The number of aryl methyl sites for hydroxylation is 2. The molecule has 0 unspecified atom stereocenters. The number of nitrogens with two attached hydrogens (primary N) is 2. The highest BCUT2D eigenvalue weighted by Gasteiger charge is 2.15. The monoisotopic (exact) mass is 831 g/mol. The molecule has 0 bridgehead atoms. The third-order valence-electron chi connectivity index (χ3n) is 11.8. The minimum absolute atomic E-state index is 0.250. The number of benzene rings is 8. The van der Waals surface area contributed by atoms with Crippen molar-refractivity contribution in [1.82, 2.24) is 14.5 Å². The van der Waals surface area contributed by atoms with Crippen LogP contribution in [0.2, 0.25) is 0 Å². The van der Waals surface area contributed by atoms with Crippen LogP contribution in [0.5, 0.6) is 0 Å². The third kappa shape index (κ3) is 8.95. The van der Waals surface area contributed by atoms with Crippen molar-refractivity contribution >= 4 is 54.9 Å². The van der Waals surface area contributed by atoms with Gasteiger partial charge in [-0.15, -0.1) is 0 Å². The van der Waals surface area contributed by atoms with Crippen molar-refractivity contribution < 1.29 is 0 Å². The quantitative estimate of drug-likeness (QED) is 0.151. The Labute approximate surface area is 375 Å². The maximum absolute atomic E-state index is 4.62. The van der Waals surface area contributed by atoms with Gasteiger partial charge in [0.25, 0.3) is 0 Å². The number of allylic oxidation sites excluding steroid dienone is 4. The molecule has 0 radical (unpaired) electrons. The number of nitrogens with zero attached hydrogens (tertiary/aromatic N) is 2. The summed E-state index contributed by atoms with van der Waals surface area (Å²) in [5.41, 5.74) is 27.1. The van der Waals surface area contributed by atoms with E-state index in [1.165, 1.54) is 106 Å². The molecule has 5 nitrogen and oxygen atoms in total. The number of hydrogen-bond donors (Lipinski definition) is 3. The van der Waals surface area contributed by atoms with Gasteiger partial charge >= 0.3 is 0 Å².